The molecule has 1 aliphatic carbocycles. The van der Waals surface area contributed by atoms with Gasteiger partial charge in [0.2, 0.25) is 0 Å². The molecule has 20 heavy (non-hydrogen) atoms. The number of hydrogen-bond donors (Lipinski definition) is 2. The van der Waals surface area contributed by atoms with Crippen LogP contribution in [0.2, 0.25) is 0 Å². The summed E-state index contributed by atoms with van der Waals surface area (Å²) in [5, 5.41) is 12.4. The molecular weight excluding hydrogens is 254 g/mol. The van der Waals surface area contributed by atoms with Crippen molar-refractivity contribution in [3.05, 3.63) is 59.0 Å². The summed E-state index contributed by atoms with van der Waals surface area (Å²) >= 11 is 0. The van der Waals surface area contributed by atoms with Crippen molar-refractivity contribution in [2.24, 2.45) is 0 Å². The van der Waals surface area contributed by atoms with Crippen LogP contribution in [-0.4, -0.2) is 17.1 Å². The first-order valence-electron chi connectivity index (χ1n) is 6.76. The molecule has 0 radical (unpaired) electrons. The third-order valence-electron chi connectivity index (χ3n) is 3.76. The van der Waals surface area contributed by atoms with Crippen molar-refractivity contribution < 1.29 is 14.3 Å². The Bertz CT molecular complexity index is 618. The molecule has 4 nitrogen and oxygen atoms in total. The molecule has 1 aliphatic rings. The van der Waals surface area contributed by atoms with Gasteiger partial charge in [0, 0.05) is 12.0 Å². The summed E-state index contributed by atoms with van der Waals surface area (Å²) in [6.07, 6.45) is 1.12. The standard InChI is InChI=1S/C16H17NO3/c1-10-13(16(18)19)7-12(20-10)9-17-15-8-14(15)11-5-3-2-4-6-11/h2-7,14-15,17H,8-9H2,1H3,(H,18,19). The number of benzene rings is 1. The van der Waals surface area contributed by atoms with E-state index >= 15 is 0 Å². The number of carboxylic acids is 1. The lowest BCUT2D eigenvalue weighted by atomic mass is 10.1. The van der Waals surface area contributed by atoms with Crippen molar-refractivity contribution >= 4 is 5.97 Å². The predicted octanol–water partition coefficient (Wildman–Crippen LogP) is 2.93. The Hall–Kier alpha value is -2.07. The van der Waals surface area contributed by atoms with E-state index < -0.39 is 5.97 Å². The second-order valence-electron chi connectivity index (χ2n) is 5.23. The second-order valence-corrected chi connectivity index (χ2v) is 5.23. The van der Waals surface area contributed by atoms with E-state index in [4.69, 9.17) is 9.52 Å². The van der Waals surface area contributed by atoms with Crippen LogP contribution in [0.1, 0.15) is 39.8 Å². The van der Waals surface area contributed by atoms with E-state index in [0.29, 0.717) is 30.0 Å². The molecule has 3 rings (SSSR count). The molecule has 104 valence electrons. The zero-order valence-electron chi connectivity index (χ0n) is 11.3. The van der Waals surface area contributed by atoms with Crippen LogP contribution in [0.25, 0.3) is 0 Å². The molecule has 0 amide bonds. The molecule has 2 N–H and O–H groups in total. The Morgan fingerprint density at radius 3 is 2.80 bits per heavy atom. The summed E-state index contributed by atoms with van der Waals surface area (Å²) in [4.78, 5) is 10.9. The normalized spacial score (nSPS) is 20.9. The molecule has 0 saturated heterocycles. The number of carbonyl (C=O) groups is 1. The van der Waals surface area contributed by atoms with Crippen LogP contribution in [0.3, 0.4) is 0 Å². The van der Waals surface area contributed by atoms with Gasteiger partial charge in [-0.1, -0.05) is 30.3 Å². The molecule has 1 saturated carbocycles. The molecule has 2 unspecified atom stereocenters. The van der Waals surface area contributed by atoms with Gasteiger partial charge >= 0.3 is 5.97 Å². The van der Waals surface area contributed by atoms with E-state index in [2.05, 4.69) is 29.6 Å². The van der Waals surface area contributed by atoms with E-state index in [1.807, 2.05) is 6.07 Å². The van der Waals surface area contributed by atoms with E-state index in [9.17, 15) is 4.79 Å². The second kappa shape index (κ2) is 5.13. The van der Waals surface area contributed by atoms with E-state index in [0.717, 1.165) is 6.42 Å². The SMILES string of the molecule is Cc1oc(CNC2CC2c2ccccc2)cc1C(=O)O. The molecule has 0 aliphatic heterocycles. The van der Waals surface area contributed by atoms with Crippen molar-refractivity contribution in [2.45, 2.75) is 31.8 Å². The molecule has 1 aromatic carbocycles. The Balaban J connectivity index is 1.57. The van der Waals surface area contributed by atoms with Crippen LogP contribution < -0.4 is 5.32 Å². The van der Waals surface area contributed by atoms with Crippen LogP contribution in [0.4, 0.5) is 0 Å². The molecule has 1 aromatic heterocycles. The Labute approximate surface area is 117 Å². The number of furan rings is 1. The molecule has 0 bridgehead atoms. The fourth-order valence-corrected chi connectivity index (χ4v) is 2.56. The Morgan fingerprint density at radius 1 is 1.40 bits per heavy atom. The monoisotopic (exact) mass is 271 g/mol. The number of nitrogens with one attached hydrogen (secondary N) is 1. The Morgan fingerprint density at radius 2 is 2.15 bits per heavy atom. The predicted molar refractivity (Wildman–Crippen MR) is 74.8 cm³/mol. The van der Waals surface area contributed by atoms with Gasteiger partial charge in [-0.25, -0.2) is 4.79 Å². The summed E-state index contributed by atoms with van der Waals surface area (Å²) in [6.45, 7) is 2.25. The first kappa shape index (κ1) is 12.9. The van der Waals surface area contributed by atoms with Crippen molar-refractivity contribution in [2.75, 3.05) is 0 Å². The maximum absolute atomic E-state index is 10.9. The van der Waals surface area contributed by atoms with E-state index in [-0.39, 0.29) is 5.56 Å². The number of aryl methyl sites for hydroxylation is 1. The van der Waals surface area contributed by atoms with Crippen LogP contribution in [0, 0.1) is 6.92 Å². The highest BCUT2D eigenvalue weighted by Gasteiger charge is 2.37. The molecule has 2 atom stereocenters. The minimum absolute atomic E-state index is 0.247. The van der Waals surface area contributed by atoms with Crippen molar-refractivity contribution in [3.8, 4) is 0 Å². The lowest BCUT2D eigenvalue weighted by Crippen LogP contribution is -2.16. The van der Waals surface area contributed by atoms with Crippen molar-refractivity contribution in [1.29, 1.82) is 0 Å². The van der Waals surface area contributed by atoms with Crippen LogP contribution in [0.15, 0.2) is 40.8 Å². The summed E-state index contributed by atoms with van der Waals surface area (Å²) in [7, 11) is 0. The quantitative estimate of drug-likeness (QED) is 0.877. The van der Waals surface area contributed by atoms with Gasteiger partial charge in [0.05, 0.1) is 6.54 Å². The average molecular weight is 271 g/mol. The fraction of sp³-hybridized carbons (Fsp3) is 0.312. The molecule has 1 fully saturated rings. The maximum atomic E-state index is 10.9. The van der Waals surface area contributed by atoms with Gasteiger partial charge in [0.15, 0.2) is 0 Å². The van der Waals surface area contributed by atoms with Crippen LogP contribution in [-0.2, 0) is 6.54 Å². The van der Waals surface area contributed by atoms with E-state index in [1.165, 1.54) is 5.56 Å². The lowest BCUT2D eigenvalue weighted by Gasteiger charge is -2.02. The first-order chi connectivity index (χ1) is 9.65. The summed E-state index contributed by atoms with van der Waals surface area (Å²) < 4.78 is 5.45. The smallest absolute Gasteiger partial charge is 0.339 e. The van der Waals surface area contributed by atoms with Crippen LogP contribution in [0.5, 0.6) is 0 Å². The molecule has 2 aromatic rings. The summed E-state index contributed by atoms with van der Waals surface area (Å²) in [6, 6.07) is 12.5. The van der Waals surface area contributed by atoms with Gasteiger partial charge in [-0.15, -0.1) is 0 Å². The highest BCUT2D eigenvalue weighted by Crippen LogP contribution is 2.40. The topological polar surface area (TPSA) is 62.5 Å². The maximum Gasteiger partial charge on any atom is 0.339 e. The molecule has 0 spiro atoms. The highest BCUT2D eigenvalue weighted by molar-refractivity contribution is 5.88. The third kappa shape index (κ3) is 2.60. The first-order valence-corrected chi connectivity index (χ1v) is 6.76. The van der Waals surface area contributed by atoms with Gasteiger partial charge < -0.3 is 14.8 Å². The Kier molecular flexibility index (Phi) is 3.32. The lowest BCUT2D eigenvalue weighted by molar-refractivity contribution is 0.0695. The number of hydrogen-bond acceptors (Lipinski definition) is 3. The molecule has 1 heterocycles. The molecule has 4 heteroatoms. The summed E-state index contributed by atoms with van der Waals surface area (Å²) in [5.74, 6) is 0.764. The van der Waals surface area contributed by atoms with Crippen molar-refractivity contribution in [3.63, 3.8) is 0 Å². The highest BCUT2D eigenvalue weighted by atomic mass is 16.4. The van der Waals surface area contributed by atoms with E-state index in [1.54, 1.807) is 13.0 Å². The average Bonchev–Trinajstić information content (AvgIpc) is 3.13. The third-order valence-corrected chi connectivity index (χ3v) is 3.76. The zero-order valence-corrected chi connectivity index (χ0v) is 11.3. The van der Waals surface area contributed by atoms with Gasteiger partial charge in [-0.05, 0) is 25.0 Å². The van der Waals surface area contributed by atoms with Gasteiger partial charge in [-0.3, -0.25) is 0 Å². The number of rotatable bonds is 5. The number of carboxylic acid groups (broad SMARTS) is 1. The van der Waals surface area contributed by atoms with Crippen molar-refractivity contribution in [1.82, 2.24) is 5.32 Å². The largest absolute Gasteiger partial charge is 0.478 e. The fourth-order valence-electron chi connectivity index (χ4n) is 2.56. The number of aromatic carboxylic acids is 1. The minimum Gasteiger partial charge on any atom is -0.478 e. The zero-order chi connectivity index (χ0) is 14.1. The molecular formula is C16H17NO3. The van der Waals surface area contributed by atoms with Gasteiger partial charge in [0.25, 0.3) is 0 Å². The van der Waals surface area contributed by atoms with Gasteiger partial charge in [-0.2, -0.15) is 0 Å². The van der Waals surface area contributed by atoms with Gasteiger partial charge in [0.1, 0.15) is 17.1 Å². The summed E-state index contributed by atoms with van der Waals surface area (Å²) in [5.41, 5.74) is 1.60. The minimum atomic E-state index is -0.939. The van der Waals surface area contributed by atoms with Crippen LogP contribution >= 0.6 is 0 Å².